The summed E-state index contributed by atoms with van der Waals surface area (Å²) in [4.78, 5) is 0. The van der Waals surface area contributed by atoms with Crippen molar-refractivity contribution in [1.82, 2.24) is 0 Å². The highest BCUT2D eigenvalue weighted by atomic mass is 32.2. The third-order valence-corrected chi connectivity index (χ3v) is 4.85. The lowest BCUT2D eigenvalue weighted by atomic mass is 9.97. The maximum atomic E-state index is 10.7. The van der Waals surface area contributed by atoms with Crippen molar-refractivity contribution in [3.05, 3.63) is 59.2 Å². The van der Waals surface area contributed by atoms with E-state index in [9.17, 15) is 8.42 Å². The van der Waals surface area contributed by atoms with Gasteiger partial charge in [0.25, 0.3) is 10.1 Å². The minimum absolute atomic E-state index is 0.151. The number of rotatable bonds is 5. The van der Waals surface area contributed by atoms with Crippen molar-refractivity contribution >= 4 is 10.1 Å². The van der Waals surface area contributed by atoms with E-state index in [0.717, 1.165) is 19.3 Å². The van der Waals surface area contributed by atoms with Crippen LogP contribution in [0.1, 0.15) is 29.5 Å². The van der Waals surface area contributed by atoms with E-state index in [1.807, 2.05) is 0 Å². The molecule has 0 aliphatic heterocycles. The van der Waals surface area contributed by atoms with E-state index in [-0.39, 0.29) is 5.75 Å². The summed E-state index contributed by atoms with van der Waals surface area (Å²) in [6, 6.07) is 14.8. The van der Waals surface area contributed by atoms with Crippen LogP contribution < -0.4 is 0 Å². The molecule has 2 aromatic rings. The summed E-state index contributed by atoms with van der Waals surface area (Å²) >= 11 is 0. The molecule has 0 saturated heterocycles. The minimum Gasteiger partial charge on any atom is -0.286 e. The Bertz CT molecular complexity index is 763. The van der Waals surface area contributed by atoms with Gasteiger partial charge in [-0.3, -0.25) is 4.55 Å². The van der Waals surface area contributed by atoms with Gasteiger partial charge in [-0.15, -0.1) is 0 Å². The molecule has 3 nitrogen and oxygen atoms in total. The molecule has 0 bridgehead atoms. The fraction of sp³-hybridized carbons (Fsp3) is 0.294. The fourth-order valence-corrected chi connectivity index (χ4v) is 3.63. The first kappa shape index (κ1) is 14.3. The number of hydrogen-bond acceptors (Lipinski definition) is 2. The highest BCUT2D eigenvalue weighted by Gasteiger charge is 2.19. The van der Waals surface area contributed by atoms with Crippen LogP contribution in [0.15, 0.2) is 42.5 Å². The van der Waals surface area contributed by atoms with E-state index in [1.54, 1.807) is 0 Å². The molecule has 3 rings (SSSR count). The van der Waals surface area contributed by atoms with E-state index in [2.05, 4.69) is 42.5 Å². The SMILES string of the molecule is O=S(=O)(O)CCCCc1cccc2c1Cc1ccccc1-2. The summed E-state index contributed by atoms with van der Waals surface area (Å²) in [7, 11) is -3.83. The monoisotopic (exact) mass is 302 g/mol. The van der Waals surface area contributed by atoms with Gasteiger partial charge >= 0.3 is 0 Å². The van der Waals surface area contributed by atoms with Crippen molar-refractivity contribution in [2.24, 2.45) is 0 Å². The molecule has 0 atom stereocenters. The molecule has 1 aliphatic rings. The zero-order chi connectivity index (χ0) is 14.9. The quantitative estimate of drug-likeness (QED) is 0.580. The molecular weight excluding hydrogens is 284 g/mol. The van der Waals surface area contributed by atoms with Crippen molar-refractivity contribution in [3.8, 4) is 11.1 Å². The summed E-state index contributed by atoms with van der Waals surface area (Å²) in [6.07, 6.45) is 3.08. The number of fused-ring (bicyclic) bond motifs is 3. The zero-order valence-corrected chi connectivity index (χ0v) is 12.6. The molecule has 0 radical (unpaired) electrons. The van der Waals surface area contributed by atoms with Crippen LogP contribution in [0.3, 0.4) is 0 Å². The van der Waals surface area contributed by atoms with Gasteiger partial charge in [-0.05, 0) is 53.5 Å². The van der Waals surface area contributed by atoms with Gasteiger partial charge in [0, 0.05) is 0 Å². The molecule has 1 aliphatic carbocycles. The second kappa shape index (κ2) is 5.62. The lowest BCUT2D eigenvalue weighted by molar-refractivity contribution is 0.480. The number of benzene rings is 2. The van der Waals surface area contributed by atoms with Gasteiger partial charge in [0.1, 0.15) is 0 Å². The Hall–Kier alpha value is -1.65. The largest absolute Gasteiger partial charge is 0.286 e. The fourth-order valence-electron chi connectivity index (χ4n) is 3.06. The Morgan fingerprint density at radius 1 is 0.952 bits per heavy atom. The van der Waals surface area contributed by atoms with Gasteiger partial charge in [0.2, 0.25) is 0 Å². The molecule has 2 aromatic carbocycles. The van der Waals surface area contributed by atoms with E-state index >= 15 is 0 Å². The molecule has 0 heterocycles. The Labute approximate surface area is 125 Å². The summed E-state index contributed by atoms with van der Waals surface area (Å²) in [5.74, 6) is -0.151. The lowest BCUT2D eigenvalue weighted by Crippen LogP contribution is -2.04. The summed E-state index contributed by atoms with van der Waals surface area (Å²) in [5.41, 5.74) is 6.63. The van der Waals surface area contributed by atoms with E-state index in [1.165, 1.54) is 27.8 Å². The number of unbranched alkanes of at least 4 members (excludes halogenated alkanes) is 1. The Morgan fingerprint density at radius 3 is 2.52 bits per heavy atom. The Morgan fingerprint density at radius 2 is 1.71 bits per heavy atom. The first-order valence-electron chi connectivity index (χ1n) is 7.19. The average molecular weight is 302 g/mol. The first-order chi connectivity index (χ1) is 10.0. The predicted molar refractivity (Wildman–Crippen MR) is 84.0 cm³/mol. The molecule has 21 heavy (non-hydrogen) atoms. The molecule has 4 heteroatoms. The molecule has 0 unspecified atom stereocenters. The third-order valence-electron chi connectivity index (χ3n) is 4.05. The van der Waals surface area contributed by atoms with Gasteiger partial charge in [0.15, 0.2) is 0 Å². The summed E-state index contributed by atoms with van der Waals surface area (Å²) in [5, 5.41) is 0. The molecule has 0 fully saturated rings. The second-order valence-corrected chi connectivity index (χ2v) is 7.09. The van der Waals surface area contributed by atoms with Gasteiger partial charge < -0.3 is 0 Å². The standard InChI is InChI=1S/C17H18O3S/c18-21(19,20)11-4-3-6-13-8-5-10-16-15-9-2-1-7-14(15)12-17(13)16/h1-2,5,7-10H,3-4,6,11-12H2,(H,18,19,20). The van der Waals surface area contributed by atoms with Crippen LogP contribution in [-0.2, 0) is 23.0 Å². The molecule has 0 aromatic heterocycles. The highest BCUT2D eigenvalue weighted by Crippen LogP contribution is 2.38. The summed E-state index contributed by atoms with van der Waals surface area (Å²) in [6.45, 7) is 0. The van der Waals surface area contributed by atoms with Crippen LogP contribution in [-0.4, -0.2) is 18.7 Å². The van der Waals surface area contributed by atoms with Crippen LogP contribution in [0.5, 0.6) is 0 Å². The molecule has 0 spiro atoms. The van der Waals surface area contributed by atoms with Gasteiger partial charge in [-0.1, -0.05) is 42.5 Å². The Balaban J connectivity index is 1.75. The van der Waals surface area contributed by atoms with Crippen molar-refractivity contribution < 1.29 is 13.0 Å². The van der Waals surface area contributed by atoms with Crippen molar-refractivity contribution in [3.63, 3.8) is 0 Å². The normalized spacial score (nSPS) is 13.0. The van der Waals surface area contributed by atoms with E-state index < -0.39 is 10.1 Å². The predicted octanol–water partition coefficient (Wildman–Crippen LogP) is 3.47. The van der Waals surface area contributed by atoms with Crippen LogP contribution in [0.4, 0.5) is 0 Å². The zero-order valence-electron chi connectivity index (χ0n) is 11.7. The van der Waals surface area contributed by atoms with Gasteiger partial charge in [0.05, 0.1) is 5.75 Å². The maximum Gasteiger partial charge on any atom is 0.264 e. The topological polar surface area (TPSA) is 54.4 Å². The maximum absolute atomic E-state index is 10.7. The van der Waals surface area contributed by atoms with Gasteiger partial charge in [-0.25, -0.2) is 0 Å². The van der Waals surface area contributed by atoms with Crippen molar-refractivity contribution in [1.29, 1.82) is 0 Å². The molecule has 0 saturated carbocycles. The van der Waals surface area contributed by atoms with Gasteiger partial charge in [-0.2, -0.15) is 8.42 Å². The first-order valence-corrected chi connectivity index (χ1v) is 8.80. The van der Waals surface area contributed by atoms with Crippen LogP contribution in [0.25, 0.3) is 11.1 Å². The van der Waals surface area contributed by atoms with Crippen molar-refractivity contribution in [2.45, 2.75) is 25.7 Å². The second-order valence-electron chi connectivity index (χ2n) is 5.52. The number of aryl methyl sites for hydroxylation is 1. The summed E-state index contributed by atoms with van der Waals surface area (Å²) < 4.78 is 30.2. The van der Waals surface area contributed by atoms with E-state index in [4.69, 9.17) is 4.55 Å². The average Bonchev–Trinajstić information content (AvgIpc) is 2.82. The third kappa shape index (κ3) is 3.17. The number of hydrogen-bond donors (Lipinski definition) is 1. The van der Waals surface area contributed by atoms with Crippen LogP contribution in [0, 0.1) is 0 Å². The Kier molecular flexibility index (Phi) is 3.83. The van der Waals surface area contributed by atoms with E-state index in [0.29, 0.717) is 6.42 Å². The highest BCUT2D eigenvalue weighted by molar-refractivity contribution is 7.85. The molecule has 1 N–H and O–H groups in total. The van der Waals surface area contributed by atoms with Crippen LogP contribution in [0.2, 0.25) is 0 Å². The molecule has 0 amide bonds. The smallest absolute Gasteiger partial charge is 0.264 e. The van der Waals surface area contributed by atoms with Crippen LogP contribution >= 0.6 is 0 Å². The lowest BCUT2D eigenvalue weighted by Gasteiger charge is -2.08. The minimum atomic E-state index is -3.83. The molecule has 110 valence electrons. The van der Waals surface area contributed by atoms with Crippen molar-refractivity contribution in [2.75, 3.05) is 5.75 Å². The molecular formula is C17H18O3S.